The SMILES string of the molecule is N#Cc1ccnc(-c2cccc(-c3ccc4c(c3)C3(c5ccccc5-c5ccccc53)c3cc(-c5ccccc5)ccc3-4)c2)c1. The molecule has 0 unspecified atom stereocenters. The van der Waals surface area contributed by atoms with E-state index in [4.69, 9.17) is 0 Å². The highest BCUT2D eigenvalue weighted by Gasteiger charge is 2.51. The highest BCUT2D eigenvalue weighted by atomic mass is 14.7. The molecule has 208 valence electrons. The lowest BCUT2D eigenvalue weighted by Gasteiger charge is -2.31. The maximum atomic E-state index is 9.45. The van der Waals surface area contributed by atoms with Gasteiger partial charge in [0.1, 0.15) is 0 Å². The summed E-state index contributed by atoms with van der Waals surface area (Å²) in [6.45, 7) is 0. The Morgan fingerprint density at radius 2 is 0.956 bits per heavy atom. The second kappa shape index (κ2) is 9.74. The van der Waals surface area contributed by atoms with Crippen molar-refractivity contribution in [3.63, 3.8) is 0 Å². The minimum absolute atomic E-state index is 0.432. The minimum Gasteiger partial charge on any atom is -0.256 e. The van der Waals surface area contributed by atoms with E-state index in [9.17, 15) is 5.26 Å². The van der Waals surface area contributed by atoms with Crippen LogP contribution in [0.5, 0.6) is 0 Å². The van der Waals surface area contributed by atoms with Crippen LogP contribution in [0.1, 0.15) is 27.8 Å². The molecule has 7 aromatic rings. The molecule has 9 rings (SSSR count). The van der Waals surface area contributed by atoms with Crippen molar-refractivity contribution >= 4 is 0 Å². The molecule has 1 spiro atoms. The van der Waals surface area contributed by atoms with Gasteiger partial charge in [-0.1, -0.05) is 121 Å². The van der Waals surface area contributed by atoms with Crippen molar-refractivity contribution in [2.45, 2.75) is 5.41 Å². The lowest BCUT2D eigenvalue weighted by Crippen LogP contribution is -2.26. The van der Waals surface area contributed by atoms with Crippen LogP contribution < -0.4 is 0 Å². The standard InChI is InChI=1S/C43H26N2/c44-27-28-21-22-45-42(23-28)33-12-8-11-30(24-33)32-18-20-37-36-19-17-31(29-9-2-1-3-10-29)25-40(36)43(41(37)26-32)38-15-6-4-13-34(38)35-14-5-7-16-39(35)43/h1-26H. The number of nitrogens with zero attached hydrogens (tertiary/aromatic N) is 2. The molecule has 0 aliphatic heterocycles. The molecule has 1 aromatic heterocycles. The first-order valence-electron chi connectivity index (χ1n) is 15.3. The van der Waals surface area contributed by atoms with Crippen LogP contribution in [0.25, 0.3) is 55.8 Å². The molecule has 2 nitrogen and oxygen atoms in total. The van der Waals surface area contributed by atoms with E-state index in [0.29, 0.717) is 5.56 Å². The molecule has 2 aliphatic carbocycles. The predicted molar refractivity (Wildman–Crippen MR) is 182 cm³/mol. The van der Waals surface area contributed by atoms with Crippen LogP contribution >= 0.6 is 0 Å². The molecule has 0 saturated heterocycles. The van der Waals surface area contributed by atoms with Crippen LogP contribution in [0.2, 0.25) is 0 Å². The third-order valence-electron chi connectivity index (χ3n) is 9.58. The summed E-state index contributed by atoms with van der Waals surface area (Å²) >= 11 is 0. The summed E-state index contributed by atoms with van der Waals surface area (Å²) in [5.74, 6) is 0. The minimum atomic E-state index is -0.432. The van der Waals surface area contributed by atoms with Gasteiger partial charge in [0.25, 0.3) is 0 Å². The molecule has 0 saturated carbocycles. The first kappa shape index (κ1) is 25.5. The number of nitriles is 1. The van der Waals surface area contributed by atoms with Crippen molar-refractivity contribution in [1.82, 2.24) is 4.98 Å². The van der Waals surface area contributed by atoms with Crippen molar-refractivity contribution in [2.75, 3.05) is 0 Å². The monoisotopic (exact) mass is 570 g/mol. The molecule has 0 N–H and O–H groups in total. The topological polar surface area (TPSA) is 36.7 Å². The zero-order valence-electron chi connectivity index (χ0n) is 24.4. The van der Waals surface area contributed by atoms with Gasteiger partial charge in [0, 0.05) is 11.8 Å². The smallest absolute Gasteiger partial charge is 0.0992 e. The summed E-state index contributed by atoms with van der Waals surface area (Å²) in [5.41, 5.74) is 17.2. The van der Waals surface area contributed by atoms with Gasteiger partial charge in [0.05, 0.1) is 22.7 Å². The van der Waals surface area contributed by atoms with Gasteiger partial charge in [-0.2, -0.15) is 5.26 Å². The number of benzene rings is 6. The van der Waals surface area contributed by atoms with E-state index in [2.05, 4.69) is 151 Å². The quantitative estimate of drug-likeness (QED) is 0.212. The Labute approximate surface area is 262 Å². The Morgan fingerprint density at radius 1 is 0.422 bits per heavy atom. The van der Waals surface area contributed by atoms with Crippen molar-refractivity contribution < 1.29 is 0 Å². The average Bonchev–Trinajstić information content (AvgIpc) is 3.59. The first-order valence-corrected chi connectivity index (χ1v) is 15.3. The van der Waals surface area contributed by atoms with E-state index in [1.807, 2.05) is 6.07 Å². The fourth-order valence-corrected chi connectivity index (χ4v) is 7.65. The molecule has 6 aromatic carbocycles. The molecule has 2 heteroatoms. The van der Waals surface area contributed by atoms with Gasteiger partial charge in [-0.05, 0) is 97.1 Å². The van der Waals surface area contributed by atoms with E-state index < -0.39 is 5.41 Å². The van der Waals surface area contributed by atoms with E-state index in [-0.39, 0.29) is 0 Å². The second-order valence-corrected chi connectivity index (χ2v) is 11.9. The highest BCUT2D eigenvalue weighted by Crippen LogP contribution is 2.63. The van der Waals surface area contributed by atoms with Gasteiger partial charge in [-0.15, -0.1) is 0 Å². The van der Waals surface area contributed by atoms with E-state index in [0.717, 1.165) is 22.4 Å². The van der Waals surface area contributed by atoms with E-state index >= 15 is 0 Å². The molecule has 0 atom stereocenters. The normalized spacial score (nSPS) is 13.0. The Bertz CT molecular complexity index is 2300. The number of pyridine rings is 1. The van der Waals surface area contributed by atoms with Gasteiger partial charge < -0.3 is 0 Å². The Morgan fingerprint density at radius 3 is 1.62 bits per heavy atom. The largest absolute Gasteiger partial charge is 0.256 e. The fraction of sp³-hybridized carbons (Fsp3) is 0.0233. The fourth-order valence-electron chi connectivity index (χ4n) is 7.65. The van der Waals surface area contributed by atoms with Crippen LogP contribution in [0.15, 0.2) is 158 Å². The van der Waals surface area contributed by atoms with Gasteiger partial charge in [0.2, 0.25) is 0 Å². The van der Waals surface area contributed by atoms with Gasteiger partial charge in [-0.3, -0.25) is 4.98 Å². The van der Waals surface area contributed by atoms with Crippen LogP contribution in [0, 0.1) is 11.3 Å². The maximum absolute atomic E-state index is 9.45. The molecule has 1 heterocycles. The first-order chi connectivity index (χ1) is 22.3. The van der Waals surface area contributed by atoms with Gasteiger partial charge in [-0.25, -0.2) is 0 Å². The zero-order valence-corrected chi connectivity index (χ0v) is 24.4. The number of fused-ring (bicyclic) bond motifs is 10. The maximum Gasteiger partial charge on any atom is 0.0992 e. The molecular weight excluding hydrogens is 544 g/mol. The molecule has 0 radical (unpaired) electrons. The molecule has 0 bridgehead atoms. The summed E-state index contributed by atoms with van der Waals surface area (Å²) in [6.07, 6.45) is 1.70. The van der Waals surface area contributed by atoms with Gasteiger partial charge >= 0.3 is 0 Å². The zero-order chi connectivity index (χ0) is 30.0. The molecule has 45 heavy (non-hydrogen) atoms. The number of hydrogen-bond acceptors (Lipinski definition) is 2. The summed E-state index contributed by atoms with van der Waals surface area (Å²) in [7, 11) is 0. The summed E-state index contributed by atoms with van der Waals surface area (Å²) < 4.78 is 0. The van der Waals surface area contributed by atoms with Gasteiger partial charge in [0.15, 0.2) is 0 Å². The van der Waals surface area contributed by atoms with Crippen LogP contribution in [0.3, 0.4) is 0 Å². The molecule has 0 fully saturated rings. The second-order valence-electron chi connectivity index (χ2n) is 11.9. The van der Waals surface area contributed by atoms with E-state index in [1.165, 1.54) is 55.6 Å². The van der Waals surface area contributed by atoms with Crippen LogP contribution in [-0.2, 0) is 5.41 Å². The van der Waals surface area contributed by atoms with Crippen molar-refractivity contribution in [3.05, 3.63) is 186 Å². The Kier molecular flexibility index (Phi) is 5.51. The molecular formula is C43H26N2. The van der Waals surface area contributed by atoms with Crippen molar-refractivity contribution in [2.24, 2.45) is 0 Å². The summed E-state index contributed by atoms with van der Waals surface area (Å²) in [6, 6.07) is 56.9. The Balaban J connectivity index is 1.30. The lowest BCUT2D eigenvalue weighted by atomic mass is 9.70. The van der Waals surface area contributed by atoms with Crippen molar-refractivity contribution in [3.8, 4) is 61.8 Å². The molecule has 2 aliphatic rings. The van der Waals surface area contributed by atoms with Crippen molar-refractivity contribution in [1.29, 1.82) is 5.26 Å². The van der Waals surface area contributed by atoms with Crippen LogP contribution in [0.4, 0.5) is 0 Å². The van der Waals surface area contributed by atoms with E-state index in [1.54, 1.807) is 12.3 Å². The number of aromatic nitrogens is 1. The Hall–Kier alpha value is -6.04. The highest BCUT2D eigenvalue weighted by molar-refractivity contribution is 5.97. The lowest BCUT2D eigenvalue weighted by molar-refractivity contribution is 0.794. The number of hydrogen-bond donors (Lipinski definition) is 0. The van der Waals surface area contributed by atoms with Crippen LogP contribution in [-0.4, -0.2) is 4.98 Å². The predicted octanol–water partition coefficient (Wildman–Crippen LogP) is 10.3. The summed E-state index contributed by atoms with van der Waals surface area (Å²) in [4.78, 5) is 4.57. The third kappa shape index (κ3) is 3.65. The third-order valence-corrected chi connectivity index (χ3v) is 9.58. The number of rotatable bonds is 3. The summed E-state index contributed by atoms with van der Waals surface area (Å²) in [5, 5.41) is 9.45. The molecule has 0 amide bonds. The average molecular weight is 571 g/mol.